The molecule has 0 aliphatic carbocycles. The van der Waals surface area contributed by atoms with Crippen molar-refractivity contribution in [3.05, 3.63) is 128 Å². The minimum absolute atomic E-state index is 0. The second kappa shape index (κ2) is 13.9. The number of rotatable bonds is 2. The molecular formula is C28H23BN4O2Ru. The summed E-state index contributed by atoms with van der Waals surface area (Å²) in [6.45, 7) is 0. The fourth-order valence-electron chi connectivity index (χ4n) is 3.35. The third-order valence-electron chi connectivity index (χ3n) is 5.04. The minimum Gasteiger partial charge on any atom is -0.423 e. The molecule has 0 spiro atoms. The average Bonchev–Trinajstić information content (AvgIpc) is 2.95. The molecule has 6 aromatic rings. The summed E-state index contributed by atoms with van der Waals surface area (Å²) < 4.78 is 0. The Morgan fingerprint density at radius 2 is 1.08 bits per heavy atom. The second-order valence-electron chi connectivity index (χ2n) is 7.43. The van der Waals surface area contributed by atoms with Crippen molar-refractivity contribution in [2.75, 3.05) is 0 Å². The van der Waals surface area contributed by atoms with Gasteiger partial charge >= 0.3 is 7.12 Å². The molecule has 0 saturated carbocycles. The van der Waals surface area contributed by atoms with Gasteiger partial charge in [-0.05, 0) is 54.0 Å². The molecule has 0 amide bonds. The molecule has 178 valence electrons. The van der Waals surface area contributed by atoms with Crippen molar-refractivity contribution in [2.45, 2.75) is 0 Å². The van der Waals surface area contributed by atoms with Crippen LogP contribution in [0.3, 0.4) is 0 Å². The van der Waals surface area contributed by atoms with Crippen LogP contribution in [-0.4, -0.2) is 37.1 Å². The molecule has 4 aromatic heterocycles. The maximum absolute atomic E-state index is 8.58. The van der Waals surface area contributed by atoms with Crippen molar-refractivity contribution >= 4 is 34.4 Å². The van der Waals surface area contributed by atoms with Gasteiger partial charge in [-0.3, -0.25) is 19.9 Å². The van der Waals surface area contributed by atoms with Gasteiger partial charge in [0.05, 0.1) is 22.4 Å². The van der Waals surface area contributed by atoms with Gasteiger partial charge in [0, 0.05) is 55.0 Å². The molecule has 0 unspecified atom stereocenters. The molecule has 0 atom stereocenters. The number of nitrogens with zero attached hydrogens (tertiary/aromatic N) is 4. The summed E-state index contributed by atoms with van der Waals surface area (Å²) in [5, 5.41) is 19.4. The van der Waals surface area contributed by atoms with Crippen molar-refractivity contribution in [1.82, 2.24) is 19.9 Å². The topological polar surface area (TPSA) is 92.0 Å². The minimum atomic E-state index is -1.34. The summed E-state index contributed by atoms with van der Waals surface area (Å²) in [6.07, 6.45) is 7.15. The fraction of sp³-hybridized carbons (Fsp3) is 0. The summed E-state index contributed by atoms with van der Waals surface area (Å²) in [5.41, 5.74) is 4.38. The van der Waals surface area contributed by atoms with E-state index in [1.165, 1.54) is 0 Å². The summed E-state index contributed by atoms with van der Waals surface area (Å²) in [4.78, 5) is 17.0. The Morgan fingerprint density at radius 1 is 0.500 bits per heavy atom. The second-order valence-corrected chi connectivity index (χ2v) is 7.43. The monoisotopic (exact) mass is 560 g/mol. The van der Waals surface area contributed by atoms with E-state index in [0.29, 0.717) is 5.46 Å². The van der Waals surface area contributed by atoms with Crippen molar-refractivity contribution in [3.63, 3.8) is 0 Å². The molecule has 2 aromatic carbocycles. The van der Waals surface area contributed by atoms with Crippen LogP contribution in [-0.2, 0) is 19.5 Å². The van der Waals surface area contributed by atoms with Crippen LogP contribution < -0.4 is 5.46 Å². The van der Waals surface area contributed by atoms with E-state index < -0.39 is 7.12 Å². The molecule has 0 aliphatic heterocycles. The molecule has 0 radical (unpaired) electrons. The van der Waals surface area contributed by atoms with Crippen molar-refractivity contribution in [3.8, 4) is 11.4 Å². The Hall–Kier alpha value is -3.83. The van der Waals surface area contributed by atoms with Gasteiger partial charge in [-0.1, -0.05) is 54.6 Å². The molecule has 8 heteroatoms. The van der Waals surface area contributed by atoms with Gasteiger partial charge in [0.2, 0.25) is 0 Å². The van der Waals surface area contributed by atoms with E-state index >= 15 is 0 Å². The maximum Gasteiger partial charge on any atom is 0.488 e. The smallest absolute Gasteiger partial charge is 0.423 e. The van der Waals surface area contributed by atoms with Crippen molar-refractivity contribution < 1.29 is 29.5 Å². The van der Waals surface area contributed by atoms with Crippen LogP contribution in [0.5, 0.6) is 0 Å². The SMILES string of the molecule is OB(O)c1ccccc1.[Ru].c1ccc(-c2ccccn2)nc1.c1cnc2c(c1)ccc1ncccc12. The zero-order valence-corrected chi connectivity index (χ0v) is 21.0. The Kier molecular flexibility index (Phi) is 10.3. The first-order valence-corrected chi connectivity index (χ1v) is 11.0. The average molecular weight is 559 g/mol. The zero-order valence-electron chi connectivity index (χ0n) is 19.2. The van der Waals surface area contributed by atoms with E-state index in [0.717, 1.165) is 33.2 Å². The van der Waals surface area contributed by atoms with Crippen LogP contribution in [0.15, 0.2) is 128 Å². The number of pyridine rings is 4. The fourth-order valence-corrected chi connectivity index (χ4v) is 3.35. The maximum atomic E-state index is 8.58. The largest absolute Gasteiger partial charge is 0.488 e. The number of fused-ring (bicyclic) bond motifs is 3. The Balaban J connectivity index is 0.000000152. The molecule has 6 nitrogen and oxygen atoms in total. The van der Waals surface area contributed by atoms with Gasteiger partial charge in [0.1, 0.15) is 0 Å². The molecule has 0 bridgehead atoms. The summed E-state index contributed by atoms with van der Waals surface area (Å²) >= 11 is 0. The molecule has 4 heterocycles. The van der Waals surface area contributed by atoms with Crippen LogP contribution in [0, 0.1) is 0 Å². The van der Waals surface area contributed by atoms with Gasteiger partial charge in [0.25, 0.3) is 0 Å². The molecule has 2 N–H and O–H groups in total. The van der Waals surface area contributed by atoms with E-state index in [4.69, 9.17) is 10.0 Å². The Labute approximate surface area is 222 Å². The molecule has 0 fully saturated rings. The van der Waals surface area contributed by atoms with Crippen molar-refractivity contribution in [2.24, 2.45) is 0 Å². The first-order chi connectivity index (χ1) is 17.2. The number of hydrogen-bond acceptors (Lipinski definition) is 6. The third-order valence-corrected chi connectivity index (χ3v) is 5.04. The third kappa shape index (κ3) is 7.33. The molecule has 0 aliphatic rings. The molecule has 0 saturated heterocycles. The van der Waals surface area contributed by atoms with Crippen LogP contribution in [0.4, 0.5) is 0 Å². The Morgan fingerprint density at radius 3 is 1.67 bits per heavy atom. The first kappa shape index (κ1) is 26.8. The van der Waals surface area contributed by atoms with E-state index in [1.54, 1.807) is 42.9 Å². The standard InChI is InChI=1S/C12H8N2.C10H8N2.C6H7BO2.Ru/c1-3-9-5-6-11-10(4-2-7-13-11)12(9)14-8-1;1-3-7-11-9(5-1)10-6-2-4-8-12-10;8-7(9)6-4-2-1-3-5-6;/h1-8H;1-8H;1-5,8-9H;. The van der Waals surface area contributed by atoms with Gasteiger partial charge in [-0.25, -0.2) is 0 Å². The van der Waals surface area contributed by atoms with E-state index in [1.807, 2.05) is 66.9 Å². The molecule has 6 rings (SSSR count). The van der Waals surface area contributed by atoms with Crippen LogP contribution in [0.2, 0.25) is 0 Å². The van der Waals surface area contributed by atoms with E-state index in [-0.39, 0.29) is 19.5 Å². The normalized spacial score (nSPS) is 9.72. The van der Waals surface area contributed by atoms with Gasteiger partial charge in [-0.15, -0.1) is 0 Å². The van der Waals surface area contributed by atoms with E-state index in [2.05, 4.69) is 38.1 Å². The van der Waals surface area contributed by atoms with Gasteiger partial charge < -0.3 is 10.0 Å². The summed E-state index contributed by atoms with van der Waals surface area (Å²) in [5.74, 6) is 0. The Bertz CT molecular complexity index is 1380. The zero-order chi connectivity index (χ0) is 24.3. The predicted molar refractivity (Wildman–Crippen MR) is 141 cm³/mol. The summed E-state index contributed by atoms with van der Waals surface area (Å²) in [7, 11) is -1.34. The molecular weight excluding hydrogens is 536 g/mol. The number of hydrogen-bond donors (Lipinski definition) is 2. The van der Waals surface area contributed by atoms with Crippen LogP contribution in [0.25, 0.3) is 33.2 Å². The number of benzene rings is 2. The summed E-state index contributed by atoms with van der Waals surface area (Å²) in [6, 6.07) is 32.3. The van der Waals surface area contributed by atoms with E-state index in [9.17, 15) is 0 Å². The quantitative estimate of drug-likeness (QED) is 0.243. The van der Waals surface area contributed by atoms with Gasteiger partial charge in [-0.2, -0.15) is 0 Å². The first-order valence-electron chi connectivity index (χ1n) is 11.0. The number of aromatic nitrogens is 4. The van der Waals surface area contributed by atoms with Crippen LogP contribution in [0.1, 0.15) is 0 Å². The van der Waals surface area contributed by atoms with Crippen LogP contribution >= 0.6 is 0 Å². The molecule has 36 heavy (non-hydrogen) atoms. The predicted octanol–water partition coefficient (Wildman–Crippen LogP) is 4.29. The van der Waals surface area contributed by atoms with Crippen molar-refractivity contribution in [1.29, 1.82) is 0 Å². The van der Waals surface area contributed by atoms with Gasteiger partial charge in [0.15, 0.2) is 0 Å².